The number of rotatable bonds is 9. The molecule has 2 rings (SSSR count). The molecular formula is C31H45N3O4. The molecule has 2 N–H and O–H groups in total. The van der Waals surface area contributed by atoms with Crippen LogP contribution >= 0.6 is 0 Å². The van der Waals surface area contributed by atoms with Crippen LogP contribution in [-0.4, -0.2) is 40.5 Å². The van der Waals surface area contributed by atoms with E-state index in [0.717, 1.165) is 22.3 Å². The van der Waals surface area contributed by atoms with Gasteiger partial charge in [-0.2, -0.15) is 0 Å². The fourth-order valence-electron chi connectivity index (χ4n) is 4.36. The summed E-state index contributed by atoms with van der Waals surface area (Å²) in [5.74, 6) is -0.823. The number of ether oxygens (including phenoxy) is 1. The van der Waals surface area contributed by atoms with Crippen LogP contribution in [-0.2, 0) is 14.3 Å². The van der Waals surface area contributed by atoms with Crippen LogP contribution in [0.3, 0.4) is 0 Å². The second-order valence-electron chi connectivity index (χ2n) is 11.3. The van der Waals surface area contributed by atoms with Crippen molar-refractivity contribution in [2.75, 3.05) is 5.32 Å². The summed E-state index contributed by atoms with van der Waals surface area (Å²) < 4.78 is 5.47. The number of para-hydroxylation sites is 1. The van der Waals surface area contributed by atoms with E-state index in [1.807, 2.05) is 90.9 Å². The lowest BCUT2D eigenvalue weighted by Crippen LogP contribution is -2.56. The molecule has 0 aliphatic rings. The first-order valence-corrected chi connectivity index (χ1v) is 13.4. The molecule has 0 aliphatic carbocycles. The standard InChI is InChI=1S/C31H45N3O4/c1-11-20(4)26(33-30(37)38-31(8,9)10)29(36)34(19(2)3)27(24-17-14-16-21(5)23(24)7)28(35)32-25-18-13-12-15-22(25)6/h12-20,26-27H,11H2,1-10H3,(H,32,35)(H,33,37). The number of benzene rings is 2. The highest BCUT2D eigenvalue weighted by atomic mass is 16.6. The molecule has 0 fully saturated rings. The second kappa shape index (κ2) is 12.9. The average molecular weight is 524 g/mol. The highest BCUT2D eigenvalue weighted by Crippen LogP contribution is 2.31. The van der Waals surface area contributed by atoms with Gasteiger partial charge in [0.15, 0.2) is 0 Å². The molecule has 0 heterocycles. The van der Waals surface area contributed by atoms with Crippen LogP contribution < -0.4 is 10.6 Å². The first kappa shape index (κ1) is 30.9. The van der Waals surface area contributed by atoms with Crippen molar-refractivity contribution in [1.29, 1.82) is 0 Å². The fourth-order valence-corrected chi connectivity index (χ4v) is 4.36. The second-order valence-corrected chi connectivity index (χ2v) is 11.3. The number of carbonyl (C=O) groups excluding carboxylic acids is 3. The molecule has 208 valence electrons. The zero-order chi connectivity index (χ0) is 28.8. The van der Waals surface area contributed by atoms with E-state index in [9.17, 15) is 14.4 Å². The van der Waals surface area contributed by atoms with Gasteiger partial charge in [-0.15, -0.1) is 0 Å². The number of nitrogens with one attached hydrogen (secondary N) is 2. The van der Waals surface area contributed by atoms with Crippen molar-refractivity contribution >= 4 is 23.6 Å². The van der Waals surface area contributed by atoms with Crippen LogP contribution in [0.5, 0.6) is 0 Å². The van der Waals surface area contributed by atoms with Gasteiger partial charge in [-0.3, -0.25) is 9.59 Å². The summed E-state index contributed by atoms with van der Waals surface area (Å²) in [6, 6.07) is 11.2. The Labute approximate surface area is 228 Å². The molecule has 0 aromatic heterocycles. The number of nitrogens with zero attached hydrogens (tertiary/aromatic N) is 1. The van der Waals surface area contributed by atoms with E-state index in [0.29, 0.717) is 12.1 Å². The fraction of sp³-hybridized carbons (Fsp3) is 0.516. The lowest BCUT2D eigenvalue weighted by atomic mass is 9.92. The van der Waals surface area contributed by atoms with Gasteiger partial charge < -0.3 is 20.3 Å². The molecule has 0 aliphatic heterocycles. The van der Waals surface area contributed by atoms with Gasteiger partial charge in [0.1, 0.15) is 17.7 Å². The third-order valence-electron chi connectivity index (χ3n) is 6.83. The Bertz CT molecular complexity index is 1140. The molecule has 7 heteroatoms. The maximum absolute atomic E-state index is 14.3. The van der Waals surface area contributed by atoms with E-state index < -0.39 is 23.8 Å². The molecule has 0 saturated carbocycles. The van der Waals surface area contributed by atoms with Crippen LogP contribution in [0.2, 0.25) is 0 Å². The third-order valence-corrected chi connectivity index (χ3v) is 6.83. The van der Waals surface area contributed by atoms with Gasteiger partial charge >= 0.3 is 6.09 Å². The minimum atomic E-state index is -0.908. The Morgan fingerprint density at radius 2 is 1.53 bits per heavy atom. The molecule has 0 bridgehead atoms. The summed E-state index contributed by atoms with van der Waals surface area (Å²) in [5.41, 5.74) is 3.62. The van der Waals surface area contributed by atoms with E-state index in [2.05, 4.69) is 10.6 Å². The SMILES string of the molecule is CCC(C)C(NC(=O)OC(C)(C)C)C(=O)N(C(C)C)C(C(=O)Nc1ccccc1C)c1cccc(C)c1C. The molecule has 38 heavy (non-hydrogen) atoms. The lowest BCUT2D eigenvalue weighted by Gasteiger charge is -2.39. The number of anilines is 1. The minimum Gasteiger partial charge on any atom is -0.444 e. The lowest BCUT2D eigenvalue weighted by molar-refractivity contribution is -0.144. The summed E-state index contributed by atoms with van der Waals surface area (Å²) >= 11 is 0. The molecule has 0 radical (unpaired) electrons. The molecule has 3 unspecified atom stereocenters. The van der Waals surface area contributed by atoms with Gasteiger partial charge in [-0.05, 0) is 89.6 Å². The van der Waals surface area contributed by atoms with Gasteiger partial charge in [0.05, 0.1) is 0 Å². The van der Waals surface area contributed by atoms with Gasteiger partial charge in [-0.1, -0.05) is 56.7 Å². The van der Waals surface area contributed by atoms with Crippen LogP contribution in [0.1, 0.15) is 83.2 Å². The zero-order valence-electron chi connectivity index (χ0n) is 24.6. The molecule has 7 nitrogen and oxygen atoms in total. The van der Waals surface area contributed by atoms with Crippen molar-refractivity contribution in [3.63, 3.8) is 0 Å². The van der Waals surface area contributed by atoms with Crippen LogP contribution in [0.15, 0.2) is 42.5 Å². The Morgan fingerprint density at radius 3 is 2.08 bits per heavy atom. The van der Waals surface area contributed by atoms with Crippen LogP contribution in [0.25, 0.3) is 0 Å². The number of hydrogen-bond donors (Lipinski definition) is 2. The normalized spacial score (nSPS) is 13.9. The molecule has 2 aromatic rings. The smallest absolute Gasteiger partial charge is 0.408 e. The summed E-state index contributed by atoms with van der Waals surface area (Å²) in [5, 5.41) is 5.86. The first-order valence-electron chi connectivity index (χ1n) is 13.4. The Kier molecular flexibility index (Phi) is 10.5. The molecule has 3 amide bonds. The average Bonchev–Trinajstić information content (AvgIpc) is 2.82. The predicted octanol–water partition coefficient (Wildman–Crippen LogP) is 6.47. The van der Waals surface area contributed by atoms with Crippen LogP contribution in [0.4, 0.5) is 10.5 Å². The summed E-state index contributed by atoms with van der Waals surface area (Å²) in [7, 11) is 0. The topological polar surface area (TPSA) is 87.7 Å². The molecular weight excluding hydrogens is 478 g/mol. The number of hydrogen-bond acceptors (Lipinski definition) is 4. The van der Waals surface area contributed by atoms with E-state index in [1.165, 1.54) is 0 Å². The third kappa shape index (κ3) is 7.83. The van der Waals surface area contributed by atoms with Gasteiger partial charge in [0.25, 0.3) is 5.91 Å². The largest absolute Gasteiger partial charge is 0.444 e. The number of alkyl carbamates (subject to hydrolysis) is 1. The maximum atomic E-state index is 14.3. The van der Waals surface area contributed by atoms with Gasteiger partial charge in [0, 0.05) is 11.7 Å². The summed E-state index contributed by atoms with van der Waals surface area (Å²) in [6.45, 7) is 18.9. The Morgan fingerprint density at radius 1 is 0.921 bits per heavy atom. The van der Waals surface area contributed by atoms with Gasteiger partial charge in [0.2, 0.25) is 5.91 Å². The van der Waals surface area contributed by atoms with Crippen molar-refractivity contribution in [3.05, 3.63) is 64.7 Å². The summed E-state index contributed by atoms with van der Waals surface area (Å²) in [6.07, 6.45) is -0.00527. The molecule has 2 aromatic carbocycles. The first-order chi connectivity index (χ1) is 17.7. The monoisotopic (exact) mass is 523 g/mol. The zero-order valence-corrected chi connectivity index (χ0v) is 24.6. The van der Waals surface area contributed by atoms with Crippen molar-refractivity contribution in [3.8, 4) is 0 Å². The van der Waals surface area contributed by atoms with Gasteiger partial charge in [-0.25, -0.2) is 4.79 Å². The van der Waals surface area contributed by atoms with E-state index in [1.54, 1.807) is 25.7 Å². The molecule has 0 saturated heterocycles. The number of carbonyl (C=O) groups is 3. The van der Waals surface area contributed by atoms with Crippen molar-refractivity contribution in [2.24, 2.45) is 5.92 Å². The van der Waals surface area contributed by atoms with Crippen molar-refractivity contribution in [1.82, 2.24) is 10.2 Å². The summed E-state index contributed by atoms with van der Waals surface area (Å²) in [4.78, 5) is 42.7. The number of aryl methyl sites for hydroxylation is 2. The maximum Gasteiger partial charge on any atom is 0.408 e. The van der Waals surface area contributed by atoms with Crippen LogP contribution in [0, 0.1) is 26.7 Å². The molecule has 0 spiro atoms. The van der Waals surface area contributed by atoms with Crippen molar-refractivity contribution in [2.45, 2.75) is 99.4 Å². The Hall–Kier alpha value is -3.35. The molecule has 3 atom stereocenters. The highest BCUT2D eigenvalue weighted by molar-refractivity contribution is 5.99. The van der Waals surface area contributed by atoms with E-state index >= 15 is 0 Å². The number of amides is 3. The van der Waals surface area contributed by atoms with Crippen molar-refractivity contribution < 1.29 is 19.1 Å². The highest BCUT2D eigenvalue weighted by Gasteiger charge is 2.40. The minimum absolute atomic E-state index is 0.185. The van der Waals surface area contributed by atoms with E-state index in [4.69, 9.17) is 4.74 Å². The Balaban J connectivity index is 2.61. The van der Waals surface area contributed by atoms with E-state index in [-0.39, 0.29) is 23.8 Å². The predicted molar refractivity (Wildman–Crippen MR) is 153 cm³/mol. The quantitative estimate of drug-likeness (QED) is 0.394.